The molecule has 0 aliphatic heterocycles. The Kier molecular flexibility index (Phi) is 8.89. The number of hydrogen-bond donors (Lipinski definition) is 1. The maximum absolute atomic E-state index is 14.1. The molecule has 0 bridgehead atoms. The van der Waals surface area contributed by atoms with Crippen LogP contribution in [0.1, 0.15) is 53.4 Å². The fraction of sp³-hybridized carbons (Fsp3) is 0.556. The zero-order chi connectivity index (χ0) is 19.0. The Morgan fingerprint density at radius 1 is 1.16 bits per heavy atom. The number of carbonyl (C=O) groups excluding carboxylic acids is 2. The van der Waals surface area contributed by atoms with Crippen molar-refractivity contribution in [2.75, 3.05) is 5.32 Å². The van der Waals surface area contributed by atoms with Gasteiger partial charge in [0.2, 0.25) is 5.91 Å². The first kappa shape index (κ1) is 21.4. The first-order valence-electron chi connectivity index (χ1n) is 8.48. The smallest absolute Gasteiger partial charge is 0.319 e. The summed E-state index contributed by atoms with van der Waals surface area (Å²) in [6.45, 7) is 7.31. The largest absolute Gasteiger partial charge is 0.462 e. The van der Waals surface area contributed by atoms with E-state index in [1.54, 1.807) is 13.8 Å². The zero-order valence-electron chi connectivity index (χ0n) is 15.0. The highest BCUT2D eigenvalue weighted by Gasteiger charge is 2.23. The van der Waals surface area contributed by atoms with Gasteiger partial charge in [-0.15, -0.1) is 11.8 Å². The monoisotopic (exact) mass is 373 g/mol. The van der Waals surface area contributed by atoms with E-state index in [0.717, 1.165) is 17.8 Å². The van der Waals surface area contributed by atoms with Gasteiger partial charge >= 0.3 is 5.97 Å². The van der Waals surface area contributed by atoms with E-state index in [2.05, 4.69) is 5.32 Å². The van der Waals surface area contributed by atoms with Crippen LogP contribution in [-0.2, 0) is 14.3 Å². The summed E-state index contributed by atoms with van der Waals surface area (Å²) >= 11 is 0.972. The van der Waals surface area contributed by atoms with Gasteiger partial charge in [-0.1, -0.05) is 20.8 Å². The van der Waals surface area contributed by atoms with E-state index in [1.807, 2.05) is 13.8 Å². The van der Waals surface area contributed by atoms with Gasteiger partial charge in [0.15, 0.2) is 0 Å². The molecule has 1 amide bonds. The van der Waals surface area contributed by atoms with Crippen molar-refractivity contribution in [1.82, 2.24) is 0 Å². The molecule has 0 aromatic heterocycles. The van der Waals surface area contributed by atoms with Gasteiger partial charge in [-0.2, -0.15) is 0 Å². The Hall–Kier alpha value is -1.63. The fourth-order valence-electron chi connectivity index (χ4n) is 1.96. The first-order valence-corrected chi connectivity index (χ1v) is 9.36. The standard InChI is InChI=1S/C18H25F2NO3S/c1-5-8-17(22)21-14-10-16(13(20)9-12(14)19)25-15(7-3)18(23)24-11(4)6-2/h9-11,15H,5-8H2,1-4H3,(H,21,22). The van der Waals surface area contributed by atoms with Gasteiger partial charge in [-0.05, 0) is 32.3 Å². The highest BCUT2D eigenvalue weighted by atomic mass is 32.2. The van der Waals surface area contributed by atoms with Crippen LogP contribution in [0.5, 0.6) is 0 Å². The number of ether oxygens (including phenoxy) is 1. The SMILES string of the molecule is CCCC(=O)Nc1cc(SC(CC)C(=O)OC(C)CC)c(F)cc1F. The minimum absolute atomic E-state index is 0.0903. The minimum Gasteiger partial charge on any atom is -0.462 e. The number of hydrogen-bond acceptors (Lipinski definition) is 4. The number of anilines is 1. The Morgan fingerprint density at radius 2 is 1.84 bits per heavy atom. The average Bonchev–Trinajstić information content (AvgIpc) is 2.56. The maximum atomic E-state index is 14.1. The summed E-state index contributed by atoms with van der Waals surface area (Å²) in [4.78, 5) is 23.9. The third-order valence-electron chi connectivity index (χ3n) is 3.57. The number of carbonyl (C=O) groups is 2. The lowest BCUT2D eigenvalue weighted by molar-refractivity contribution is -0.147. The molecule has 1 aromatic rings. The summed E-state index contributed by atoms with van der Waals surface area (Å²) in [5.41, 5.74) is -0.0903. The van der Waals surface area contributed by atoms with Crippen molar-refractivity contribution < 1.29 is 23.1 Å². The van der Waals surface area contributed by atoms with E-state index in [4.69, 9.17) is 4.74 Å². The molecule has 1 N–H and O–H groups in total. The molecule has 2 atom stereocenters. The van der Waals surface area contributed by atoms with Crippen LogP contribution in [0.25, 0.3) is 0 Å². The Morgan fingerprint density at radius 3 is 2.40 bits per heavy atom. The molecule has 0 aliphatic carbocycles. The van der Waals surface area contributed by atoms with Gasteiger partial charge < -0.3 is 10.1 Å². The Balaban J connectivity index is 2.95. The third kappa shape index (κ3) is 6.65. The van der Waals surface area contributed by atoms with Crippen molar-refractivity contribution in [3.8, 4) is 0 Å². The van der Waals surface area contributed by atoms with Gasteiger partial charge in [-0.3, -0.25) is 9.59 Å². The quantitative estimate of drug-likeness (QED) is 0.493. The number of amides is 1. The Labute approximate surface area is 151 Å². The number of benzene rings is 1. The lowest BCUT2D eigenvalue weighted by atomic mass is 10.2. The van der Waals surface area contributed by atoms with Gasteiger partial charge in [0.05, 0.1) is 11.8 Å². The molecule has 0 heterocycles. The highest BCUT2D eigenvalue weighted by Crippen LogP contribution is 2.32. The molecule has 4 nitrogen and oxygen atoms in total. The van der Waals surface area contributed by atoms with Gasteiger partial charge in [0.25, 0.3) is 0 Å². The van der Waals surface area contributed by atoms with E-state index in [-0.39, 0.29) is 29.0 Å². The van der Waals surface area contributed by atoms with Crippen LogP contribution >= 0.6 is 11.8 Å². The van der Waals surface area contributed by atoms with Gasteiger partial charge in [-0.25, -0.2) is 8.78 Å². The van der Waals surface area contributed by atoms with Crippen LogP contribution in [-0.4, -0.2) is 23.2 Å². The van der Waals surface area contributed by atoms with Crippen molar-refractivity contribution in [2.45, 2.75) is 69.6 Å². The molecule has 2 unspecified atom stereocenters. The molecule has 0 fully saturated rings. The molecule has 7 heteroatoms. The summed E-state index contributed by atoms with van der Waals surface area (Å²) in [6.07, 6.45) is 1.77. The van der Waals surface area contributed by atoms with Crippen LogP contribution < -0.4 is 5.32 Å². The van der Waals surface area contributed by atoms with E-state index in [9.17, 15) is 18.4 Å². The summed E-state index contributed by atoms with van der Waals surface area (Å²) < 4.78 is 33.2. The minimum atomic E-state index is -0.846. The van der Waals surface area contributed by atoms with Gasteiger partial charge in [0, 0.05) is 17.4 Å². The predicted molar refractivity (Wildman–Crippen MR) is 95.7 cm³/mol. The molecule has 0 radical (unpaired) electrons. The van der Waals surface area contributed by atoms with Crippen LogP contribution in [0.2, 0.25) is 0 Å². The molecule has 0 saturated heterocycles. The molecule has 0 aliphatic rings. The number of esters is 1. The second kappa shape index (κ2) is 10.4. The Bertz CT molecular complexity index is 610. The topological polar surface area (TPSA) is 55.4 Å². The summed E-state index contributed by atoms with van der Waals surface area (Å²) in [5.74, 6) is -2.39. The van der Waals surface area contributed by atoms with E-state index in [0.29, 0.717) is 19.3 Å². The molecular formula is C18H25F2NO3S. The van der Waals surface area contributed by atoms with E-state index < -0.39 is 22.9 Å². The van der Waals surface area contributed by atoms with Crippen molar-refractivity contribution in [3.63, 3.8) is 0 Å². The lowest BCUT2D eigenvalue weighted by Gasteiger charge is -2.18. The second-order valence-corrected chi connectivity index (χ2v) is 6.98. The number of nitrogens with one attached hydrogen (secondary N) is 1. The van der Waals surface area contributed by atoms with Crippen molar-refractivity contribution in [3.05, 3.63) is 23.8 Å². The van der Waals surface area contributed by atoms with Crippen LogP contribution in [0.3, 0.4) is 0 Å². The first-order chi connectivity index (χ1) is 11.8. The summed E-state index contributed by atoms with van der Waals surface area (Å²) in [7, 11) is 0. The van der Waals surface area contributed by atoms with Crippen LogP contribution in [0.4, 0.5) is 14.5 Å². The highest BCUT2D eigenvalue weighted by molar-refractivity contribution is 8.00. The third-order valence-corrected chi connectivity index (χ3v) is 4.94. The normalized spacial score (nSPS) is 13.2. The lowest BCUT2D eigenvalue weighted by Crippen LogP contribution is -2.24. The van der Waals surface area contributed by atoms with Crippen molar-refractivity contribution in [1.29, 1.82) is 0 Å². The zero-order valence-corrected chi connectivity index (χ0v) is 15.8. The predicted octanol–water partition coefficient (Wildman–Crippen LogP) is 4.92. The molecule has 0 saturated carbocycles. The van der Waals surface area contributed by atoms with Crippen molar-refractivity contribution >= 4 is 29.3 Å². The summed E-state index contributed by atoms with van der Waals surface area (Å²) in [6, 6.07) is 1.94. The number of halogens is 2. The molecular weight excluding hydrogens is 348 g/mol. The number of thioether (sulfide) groups is 1. The van der Waals surface area contributed by atoms with E-state index >= 15 is 0 Å². The maximum Gasteiger partial charge on any atom is 0.319 e. The van der Waals surface area contributed by atoms with Crippen LogP contribution in [0, 0.1) is 11.6 Å². The molecule has 1 aromatic carbocycles. The molecule has 25 heavy (non-hydrogen) atoms. The fourth-order valence-corrected chi connectivity index (χ4v) is 2.95. The molecule has 140 valence electrons. The molecule has 0 spiro atoms. The van der Waals surface area contributed by atoms with Crippen LogP contribution in [0.15, 0.2) is 17.0 Å². The van der Waals surface area contributed by atoms with Gasteiger partial charge in [0.1, 0.15) is 16.9 Å². The summed E-state index contributed by atoms with van der Waals surface area (Å²) in [5, 5.41) is 1.83. The molecule has 1 rings (SSSR count). The second-order valence-electron chi connectivity index (χ2n) is 5.73. The number of rotatable bonds is 9. The van der Waals surface area contributed by atoms with Crippen molar-refractivity contribution in [2.24, 2.45) is 0 Å². The van der Waals surface area contributed by atoms with E-state index in [1.165, 1.54) is 6.07 Å². The average molecular weight is 373 g/mol.